The highest BCUT2D eigenvalue weighted by atomic mass is 16.5. The van der Waals surface area contributed by atoms with Gasteiger partial charge in [0.15, 0.2) is 0 Å². The second-order valence-corrected chi connectivity index (χ2v) is 2.81. The number of ether oxygens (including phenoxy) is 1. The predicted octanol–water partition coefficient (Wildman–Crippen LogP) is 1.61. The van der Waals surface area contributed by atoms with Gasteiger partial charge in [0.2, 0.25) is 6.08 Å². The van der Waals surface area contributed by atoms with E-state index in [1.54, 1.807) is 0 Å². The summed E-state index contributed by atoms with van der Waals surface area (Å²) in [5.41, 5.74) is 0. The molecule has 1 atom stereocenters. The summed E-state index contributed by atoms with van der Waals surface area (Å²) in [5.74, 6) is -0.432. The molecule has 0 spiro atoms. The van der Waals surface area contributed by atoms with E-state index in [1.165, 1.54) is 6.08 Å². The molecule has 0 heterocycles. The van der Waals surface area contributed by atoms with Crippen LogP contribution in [0.5, 0.6) is 0 Å². The third-order valence-electron chi connectivity index (χ3n) is 1.69. The SMILES string of the molecule is C=CC(=O)OC(CCC)CCN=C=O. The second-order valence-electron chi connectivity index (χ2n) is 2.81. The van der Waals surface area contributed by atoms with Crippen molar-refractivity contribution in [2.24, 2.45) is 4.99 Å². The van der Waals surface area contributed by atoms with Crippen molar-refractivity contribution in [3.63, 3.8) is 0 Å². The first-order chi connectivity index (χ1) is 6.74. The number of carbonyl (C=O) groups is 1. The molecule has 0 fully saturated rings. The normalized spacial score (nSPS) is 11.2. The van der Waals surface area contributed by atoms with Crippen LogP contribution in [0.25, 0.3) is 0 Å². The van der Waals surface area contributed by atoms with Crippen molar-refractivity contribution < 1.29 is 14.3 Å². The predicted molar refractivity (Wildman–Crippen MR) is 52.6 cm³/mol. The van der Waals surface area contributed by atoms with Gasteiger partial charge in [-0.05, 0) is 6.42 Å². The van der Waals surface area contributed by atoms with Gasteiger partial charge in [0, 0.05) is 12.5 Å². The summed E-state index contributed by atoms with van der Waals surface area (Å²) in [7, 11) is 0. The lowest BCUT2D eigenvalue weighted by molar-refractivity contribution is -0.143. The van der Waals surface area contributed by atoms with Gasteiger partial charge in [-0.15, -0.1) is 0 Å². The molecule has 0 amide bonds. The summed E-state index contributed by atoms with van der Waals surface area (Å²) in [6.07, 6.45) is 4.65. The Morgan fingerprint density at radius 1 is 1.64 bits per heavy atom. The topological polar surface area (TPSA) is 55.7 Å². The van der Waals surface area contributed by atoms with Crippen LogP contribution >= 0.6 is 0 Å². The van der Waals surface area contributed by atoms with E-state index >= 15 is 0 Å². The molecular formula is C10H15NO3. The van der Waals surface area contributed by atoms with E-state index < -0.39 is 5.97 Å². The fourth-order valence-corrected chi connectivity index (χ4v) is 1.05. The van der Waals surface area contributed by atoms with Crippen LogP contribution in [0.2, 0.25) is 0 Å². The van der Waals surface area contributed by atoms with Gasteiger partial charge in [-0.25, -0.2) is 14.6 Å². The van der Waals surface area contributed by atoms with Crippen LogP contribution in [0.4, 0.5) is 0 Å². The van der Waals surface area contributed by atoms with Gasteiger partial charge >= 0.3 is 5.97 Å². The number of rotatable bonds is 7. The largest absolute Gasteiger partial charge is 0.459 e. The molecule has 0 rings (SSSR count). The summed E-state index contributed by atoms with van der Waals surface area (Å²) >= 11 is 0. The van der Waals surface area contributed by atoms with Gasteiger partial charge in [-0.1, -0.05) is 19.9 Å². The minimum Gasteiger partial charge on any atom is -0.459 e. The zero-order chi connectivity index (χ0) is 10.8. The molecule has 78 valence electrons. The summed E-state index contributed by atoms with van der Waals surface area (Å²) in [5, 5.41) is 0. The van der Waals surface area contributed by atoms with E-state index in [2.05, 4.69) is 11.6 Å². The third-order valence-corrected chi connectivity index (χ3v) is 1.69. The van der Waals surface area contributed by atoms with Gasteiger partial charge in [-0.2, -0.15) is 0 Å². The molecule has 0 aromatic heterocycles. The molecule has 0 aliphatic carbocycles. The lowest BCUT2D eigenvalue weighted by Crippen LogP contribution is -2.17. The maximum Gasteiger partial charge on any atom is 0.330 e. The smallest absolute Gasteiger partial charge is 0.330 e. The summed E-state index contributed by atoms with van der Waals surface area (Å²) in [4.78, 5) is 24.1. The molecule has 0 N–H and O–H groups in total. The zero-order valence-corrected chi connectivity index (χ0v) is 8.36. The Kier molecular flexibility index (Phi) is 7.37. The van der Waals surface area contributed by atoms with Crippen LogP contribution in [0, 0.1) is 0 Å². The Labute approximate surface area is 83.7 Å². The van der Waals surface area contributed by atoms with Gasteiger partial charge in [-0.3, -0.25) is 0 Å². The molecule has 1 unspecified atom stereocenters. The summed E-state index contributed by atoms with van der Waals surface area (Å²) in [6, 6.07) is 0. The Hall–Kier alpha value is -1.41. The van der Waals surface area contributed by atoms with Crippen molar-refractivity contribution in [1.82, 2.24) is 0 Å². The van der Waals surface area contributed by atoms with E-state index in [9.17, 15) is 9.59 Å². The average Bonchev–Trinajstić information content (AvgIpc) is 2.18. The third kappa shape index (κ3) is 6.14. The number of isocyanates is 1. The van der Waals surface area contributed by atoms with Gasteiger partial charge in [0.05, 0.1) is 6.54 Å². The van der Waals surface area contributed by atoms with Crippen molar-refractivity contribution in [2.45, 2.75) is 32.3 Å². The van der Waals surface area contributed by atoms with Crippen molar-refractivity contribution in [2.75, 3.05) is 6.54 Å². The Morgan fingerprint density at radius 2 is 2.36 bits per heavy atom. The first kappa shape index (κ1) is 12.6. The van der Waals surface area contributed by atoms with Gasteiger partial charge < -0.3 is 4.74 Å². The zero-order valence-electron chi connectivity index (χ0n) is 8.36. The highest BCUT2D eigenvalue weighted by Gasteiger charge is 2.10. The number of aliphatic imine (C=N–C) groups is 1. The number of hydrogen-bond acceptors (Lipinski definition) is 4. The fraction of sp³-hybridized carbons (Fsp3) is 0.600. The molecule has 0 aromatic carbocycles. The van der Waals surface area contributed by atoms with Crippen LogP contribution in [0.1, 0.15) is 26.2 Å². The van der Waals surface area contributed by atoms with E-state index in [1.807, 2.05) is 6.92 Å². The Bertz CT molecular complexity index is 232. The first-order valence-corrected chi connectivity index (χ1v) is 4.61. The van der Waals surface area contributed by atoms with E-state index in [0.29, 0.717) is 13.0 Å². The van der Waals surface area contributed by atoms with Crippen LogP contribution in [0.3, 0.4) is 0 Å². The molecule has 4 nitrogen and oxygen atoms in total. The van der Waals surface area contributed by atoms with Crippen molar-refractivity contribution in [3.05, 3.63) is 12.7 Å². The van der Waals surface area contributed by atoms with E-state index in [-0.39, 0.29) is 6.10 Å². The average molecular weight is 197 g/mol. The van der Waals surface area contributed by atoms with Crippen molar-refractivity contribution in [1.29, 1.82) is 0 Å². The summed E-state index contributed by atoms with van der Waals surface area (Å²) < 4.78 is 5.04. The van der Waals surface area contributed by atoms with Crippen molar-refractivity contribution in [3.8, 4) is 0 Å². The number of carbonyl (C=O) groups excluding carboxylic acids is 2. The van der Waals surface area contributed by atoms with Crippen LogP contribution in [0.15, 0.2) is 17.6 Å². The Morgan fingerprint density at radius 3 is 2.86 bits per heavy atom. The first-order valence-electron chi connectivity index (χ1n) is 4.61. The van der Waals surface area contributed by atoms with E-state index in [4.69, 9.17) is 4.74 Å². The molecule has 0 aromatic rings. The molecular weight excluding hydrogens is 182 g/mol. The monoisotopic (exact) mass is 197 g/mol. The fourth-order valence-electron chi connectivity index (χ4n) is 1.05. The number of esters is 1. The number of hydrogen-bond donors (Lipinski definition) is 0. The molecule has 0 aliphatic heterocycles. The van der Waals surface area contributed by atoms with Crippen LogP contribution < -0.4 is 0 Å². The van der Waals surface area contributed by atoms with Crippen LogP contribution in [-0.2, 0) is 14.3 Å². The van der Waals surface area contributed by atoms with E-state index in [0.717, 1.165) is 18.9 Å². The maximum atomic E-state index is 10.9. The maximum absolute atomic E-state index is 10.9. The minimum absolute atomic E-state index is 0.178. The molecule has 0 saturated carbocycles. The lowest BCUT2D eigenvalue weighted by atomic mass is 10.1. The molecule has 0 saturated heterocycles. The minimum atomic E-state index is -0.432. The Balaban J connectivity index is 3.93. The number of nitrogens with zero attached hydrogens (tertiary/aromatic N) is 1. The summed E-state index contributed by atoms with van der Waals surface area (Å²) in [6.45, 7) is 5.65. The lowest BCUT2D eigenvalue weighted by Gasteiger charge is -2.14. The molecule has 0 aliphatic rings. The highest BCUT2D eigenvalue weighted by molar-refractivity contribution is 5.81. The van der Waals surface area contributed by atoms with Gasteiger partial charge in [0.25, 0.3) is 0 Å². The van der Waals surface area contributed by atoms with Crippen molar-refractivity contribution >= 4 is 12.0 Å². The molecule has 0 radical (unpaired) electrons. The van der Waals surface area contributed by atoms with Crippen LogP contribution in [-0.4, -0.2) is 24.7 Å². The second kappa shape index (κ2) is 8.20. The molecule has 4 heteroatoms. The standard InChI is InChI=1S/C10H15NO3/c1-3-5-9(6-7-11-8-12)14-10(13)4-2/h4,9H,2-3,5-7H2,1H3. The van der Waals surface area contributed by atoms with Gasteiger partial charge in [0.1, 0.15) is 6.10 Å². The highest BCUT2D eigenvalue weighted by Crippen LogP contribution is 2.07. The molecule has 14 heavy (non-hydrogen) atoms. The quantitative estimate of drug-likeness (QED) is 0.269. The molecule has 0 bridgehead atoms.